The molecule has 26 heavy (non-hydrogen) atoms. The topological polar surface area (TPSA) is 115 Å². The SMILES string of the molecule is Nc1ncc(-c2nc(N3CCOCC3)nc(N3CC4(COC4)C3)n2)cn1. The highest BCUT2D eigenvalue weighted by atomic mass is 16.5. The number of hydrogen-bond acceptors (Lipinski definition) is 10. The minimum absolute atomic E-state index is 0.228. The van der Waals surface area contributed by atoms with E-state index in [9.17, 15) is 0 Å². The third kappa shape index (κ3) is 2.71. The van der Waals surface area contributed by atoms with Gasteiger partial charge in [-0.15, -0.1) is 0 Å². The van der Waals surface area contributed by atoms with Crippen molar-refractivity contribution in [2.45, 2.75) is 0 Å². The Labute approximate surface area is 150 Å². The Morgan fingerprint density at radius 1 is 0.885 bits per heavy atom. The zero-order chi connectivity index (χ0) is 17.6. The highest BCUT2D eigenvalue weighted by molar-refractivity contribution is 5.58. The van der Waals surface area contributed by atoms with Crippen LogP contribution in [-0.2, 0) is 9.47 Å². The van der Waals surface area contributed by atoms with Gasteiger partial charge in [-0.1, -0.05) is 0 Å². The summed E-state index contributed by atoms with van der Waals surface area (Å²) in [5.41, 5.74) is 6.60. The molecule has 3 aliphatic heterocycles. The largest absolute Gasteiger partial charge is 0.380 e. The fraction of sp³-hybridized carbons (Fsp3) is 0.562. The second-order valence-corrected chi connectivity index (χ2v) is 7.04. The molecule has 2 aromatic heterocycles. The Kier molecular flexibility index (Phi) is 3.61. The van der Waals surface area contributed by atoms with Crippen LogP contribution >= 0.6 is 0 Å². The first-order valence-electron chi connectivity index (χ1n) is 8.70. The number of aromatic nitrogens is 5. The van der Waals surface area contributed by atoms with Gasteiger partial charge in [0.15, 0.2) is 5.82 Å². The van der Waals surface area contributed by atoms with Gasteiger partial charge < -0.3 is 25.0 Å². The van der Waals surface area contributed by atoms with E-state index in [2.05, 4.69) is 29.7 Å². The molecule has 5 rings (SSSR count). The van der Waals surface area contributed by atoms with Gasteiger partial charge in [-0.2, -0.15) is 15.0 Å². The predicted molar refractivity (Wildman–Crippen MR) is 93.8 cm³/mol. The van der Waals surface area contributed by atoms with Gasteiger partial charge in [0.1, 0.15) is 0 Å². The number of nitrogens with two attached hydrogens (primary N) is 1. The van der Waals surface area contributed by atoms with E-state index >= 15 is 0 Å². The zero-order valence-corrected chi connectivity index (χ0v) is 14.3. The van der Waals surface area contributed by atoms with Crippen molar-refractivity contribution in [1.82, 2.24) is 24.9 Å². The molecule has 0 amide bonds. The molecule has 3 aliphatic rings. The molecule has 3 saturated heterocycles. The molecule has 5 heterocycles. The Bertz CT molecular complexity index is 796. The van der Waals surface area contributed by atoms with Crippen molar-refractivity contribution in [3.8, 4) is 11.4 Å². The molecule has 0 aliphatic carbocycles. The number of hydrogen-bond donors (Lipinski definition) is 1. The van der Waals surface area contributed by atoms with Gasteiger partial charge in [-0.3, -0.25) is 0 Å². The van der Waals surface area contributed by atoms with Crippen LogP contribution in [0.3, 0.4) is 0 Å². The predicted octanol–water partition coefficient (Wildman–Crippen LogP) is -0.416. The fourth-order valence-electron chi connectivity index (χ4n) is 3.46. The molecular weight excluding hydrogens is 336 g/mol. The number of anilines is 3. The average molecular weight is 356 g/mol. The summed E-state index contributed by atoms with van der Waals surface area (Å²) in [6.07, 6.45) is 3.28. The lowest BCUT2D eigenvalue weighted by atomic mass is 9.78. The smallest absolute Gasteiger partial charge is 0.230 e. The minimum Gasteiger partial charge on any atom is -0.380 e. The summed E-state index contributed by atoms with van der Waals surface area (Å²) in [7, 11) is 0. The van der Waals surface area contributed by atoms with Crippen LogP contribution in [-0.4, -0.2) is 77.5 Å². The van der Waals surface area contributed by atoms with Crippen molar-refractivity contribution in [2.24, 2.45) is 5.41 Å². The third-order valence-electron chi connectivity index (χ3n) is 4.99. The van der Waals surface area contributed by atoms with Gasteiger partial charge >= 0.3 is 0 Å². The van der Waals surface area contributed by atoms with E-state index in [1.165, 1.54) is 0 Å². The maximum atomic E-state index is 5.59. The van der Waals surface area contributed by atoms with Gasteiger partial charge in [0, 0.05) is 38.6 Å². The molecule has 136 valence electrons. The number of nitrogen functional groups attached to an aromatic ring is 1. The van der Waals surface area contributed by atoms with Crippen molar-refractivity contribution < 1.29 is 9.47 Å². The summed E-state index contributed by atoms with van der Waals surface area (Å²) >= 11 is 0. The quantitative estimate of drug-likeness (QED) is 0.777. The Morgan fingerprint density at radius 2 is 1.54 bits per heavy atom. The maximum absolute atomic E-state index is 5.59. The molecule has 0 aromatic carbocycles. The molecule has 0 unspecified atom stereocenters. The lowest BCUT2D eigenvalue weighted by molar-refractivity contribution is -0.127. The standard InChI is InChI=1S/C16H20N8O2/c17-13-18-5-11(6-19-13)12-20-14(23-1-3-25-4-2-23)22-15(21-12)24-7-16(8-24)9-26-10-16/h5-6H,1-4,7-10H2,(H2,17,18,19). The van der Waals surface area contributed by atoms with Gasteiger partial charge in [0.2, 0.25) is 17.8 Å². The van der Waals surface area contributed by atoms with Crippen LogP contribution in [0.15, 0.2) is 12.4 Å². The van der Waals surface area contributed by atoms with E-state index in [4.69, 9.17) is 20.2 Å². The minimum atomic E-state index is 0.228. The number of ether oxygens (including phenoxy) is 2. The van der Waals surface area contributed by atoms with Gasteiger partial charge in [-0.05, 0) is 0 Å². The lowest BCUT2D eigenvalue weighted by Gasteiger charge is -2.54. The second-order valence-electron chi connectivity index (χ2n) is 7.04. The Balaban J connectivity index is 1.49. The number of morpholine rings is 1. The van der Waals surface area contributed by atoms with Crippen molar-refractivity contribution in [1.29, 1.82) is 0 Å². The van der Waals surface area contributed by atoms with Gasteiger partial charge in [0.05, 0.1) is 37.4 Å². The summed E-state index contributed by atoms with van der Waals surface area (Å²) in [5, 5.41) is 0. The van der Waals surface area contributed by atoms with Gasteiger partial charge in [0.25, 0.3) is 0 Å². The van der Waals surface area contributed by atoms with Crippen LogP contribution in [0, 0.1) is 5.41 Å². The van der Waals surface area contributed by atoms with Crippen molar-refractivity contribution >= 4 is 17.8 Å². The lowest BCUT2D eigenvalue weighted by Crippen LogP contribution is -2.66. The summed E-state index contributed by atoms with van der Waals surface area (Å²) in [6, 6.07) is 0. The molecule has 0 atom stereocenters. The molecule has 0 bridgehead atoms. The van der Waals surface area contributed by atoms with Crippen molar-refractivity contribution in [3.63, 3.8) is 0 Å². The maximum Gasteiger partial charge on any atom is 0.230 e. The van der Waals surface area contributed by atoms with E-state index in [1.54, 1.807) is 12.4 Å². The van der Waals surface area contributed by atoms with E-state index < -0.39 is 0 Å². The van der Waals surface area contributed by atoms with Crippen LogP contribution in [0.5, 0.6) is 0 Å². The Morgan fingerprint density at radius 3 is 2.15 bits per heavy atom. The van der Waals surface area contributed by atoms with Gasteiger partial charge in [-0.25, -0.2) is 9.97 Å². The Hall–Kier alpha value is -2.59. The highest BCUT2D eigenvalue weighted by Gasteiger charge is 2.50. The second kappa shape index (κ2) is 5.99. The van der Waals surface area contributed by atoms with E-state index in [0.29, 0.717) is 30.9 Å². The molecule has 1 spiro atoms. The molecule has 3 fully saturated rings. The van der Waals surface area contributed by atoms with Crippen molar-refractivity contribution in [2.75, 3.05) is 68.1 Å². The zero-order valence-electron chi connectivity index (χ0n) is 14.3. The first-order chi connectivity index (χ1) is 12.7. The average Bonchev–Trinajstić information content (AvgIpc) is 2.60. The van der Waals surface area contributed by atoms with Crippen LogP contribution in [0.4, 0.5) is 17.8 Å². The molecule has 2 aromatic rings. The summed E-state index contributed by atoms with van der Waals surface area (Å²) < 4.78 is 10.8. The third-order valence-corrected chi connectivity index (χ3v) is 4.99. The van der Waals surface area contributed by atoms with Crippen LogP contribution < -0.4 is 15.5 Å². The fourth-order valence-corrected chi connectivity index (χ4v) is 3.46. The molecule has 2 N–H and O–H groups in total. The summed E-state index contributed by atoms with van der Waals surface area (Å²) in [4.78, 5) is 26.4. The molecule has 0 radical (unpaired) electrons. The molecule has 0 saturated carbocycles. The highest BCUT2D eigenvalue weighted by Crippen LogP contribution is 2.39. The first-order valence-corrected chi connectivity index (χ1v) is 8.70. The van der Waals surface area contributed by atoms with E-state index in [-0.39, 0.29) is 11.4 Å². The van der Waals surface area contributed by atoms with Crippen LogP contribution in [0.25, 0.3) is 11.4 Å². The van der Waals surface area contributed by atoms with E-state index in [0.717, 1.165) is 45.0 Å². The number of rotatable bonds is 3. The summed E-state index contributed by atoms with van der Waals surface area (Å²) in [5.74, 6) is 2.13. The summed E-state index contributed by atoms with van der Waals surface area (Å²) in [6.45, 7) is 6.34. The first kappa shape index (κ1) is 15.6. The monoisotopic (exact) mass is 356 g/mol. The van der Waals surface area contributed by atoms with Crippen LogP contribution in [0.1, 0.15) is 0 Å². The molecular formula is C16H20N8O2. The van der Waals surface area contributed by atoms with E-state index in [1.807, 2.05) is 0 Å². The van der Waals surface area contributed by atoms with Crippen molar-refractivity contribution in [3.05, 3.63) is 12.4 Å². The molecule has 10 nitrogen and oxygen atoms in total. The molecule has 10 heteroatoms. The normalized spacial score (nSPS) is 21.4. The van der Waals surface area contributed by atoms with Crippen LogP contribution in [0.2, 0.25) is 0 Å². The number of nitrogens with zero attached hydrogens (tertiary/aromatic N) is 7.